The maximum atomic E-state index is 11.5. The maximum absolute atomic E-state index is 11.5. The highest BCUT2D eigenvalue weighted by molar-refractivity contribution is 6.76. The van der Waals surface area contributed by atoms with E-state index in [1.165, 1.54) is 6.08 Å². The van der Waals surface area contributed by atoms with Crippen molar-refractivity contribution in [1.82, 2.24) is 9.55 Å². The average molecular weight is 415 g/mol. The Morgan fingerprint density at radius 2 is 1.97 bits per heavy atom. The van der Waals surface area contributed by atoms with Crippen molar-refractivity contribution >= 4 is 19.6 Å². The molecule has 5 nitrogen and oxygen atoms in total. The summed E-state index contributed by atoms with van der Waals surface area (Å²) >= 11 is 0. The number of hydrogen-bond donors (Lipinski definition) is 1. The van der Waals surface area contributed by atoms with E-state index < -0.39 is 14.0 Å². The van der Waals surface area contributed by atoms with Crippen LogP contribution in [0.3, 0.4) is 0 Å². The molecule has 2 aromatic rings. The van der Waals surface area contributed by atoms with Crippen molar-refractivity contribution in [2.24, 2.45) is 0 Å². The number of unbranched alkanes of at least 4 members (excludes halogenated alkanes) is 1. The quantitative estimate of drug-likeness (QED) is 0.293. The second kappa shape index (κ2) is 11.1. The zero-order valence-corrected chi connectivity index (χ0v) is 19.1. The lowest BCUT2D eigenvalue weighted by molar-refractivity contribution is -0.131. The summed E-state index contributed by atoms with van der Waals surface area (Å²) in [6.45, 7) is 10.3. The van der Waals surface area contributed by atoms with Crippen LogP contribution in [0, 0.1) is 0 Å². The number of aryl methyl sites for hydroxylation is 1. The zero-order chi connectivity index (χ0) is 21.3. The zero-order valence-electron chi connectivity index (χ0n) is 18.1. The number of carbonyl (C=O) groups is 1. The molecule has 0 atom stereocenters. The van der Waals surface area contributed by atoms with Crippen LogP contribution in [0.1, 0.15) is 36.8 Å². The first-order chi connectivity index (χ1) is 13.8. The third kappa shape index (κ3) is 7.99. The van der Waals surface area contributed by atoms with Gasteiger partial charge in [-0.2, -0.15) is 0 Å². The first kappa shape index (κ1) is 23.1. The predicted octanol–water partition coefficient (Wildman–Crippen LogP) is 5.25. The van der Waals surface area contributed by atoms with Gasteiger partial charge in [0, 0.05) is 27.2 Å². The molecule has 0 radical (unpaired) electrons. The molecule has 1 N–H and O–H groups in total. The van der Waals surface area contributed by atoms with E-state index in [-0.39, 0.29) is 0 Å². The molecular formula is C23H34N2O3Si. The van der Waals surface area contributed by atoms with Crippen LogP contribution in [0.5, 0.6) is 0 Å². The Labute approximate surface area is 175 Å². The number of benzene rings is 1. The van der Waals surface area contributed by atoms with Crippen LogP contribution in [0.25, 0.3) is 5.57 Å². The van der Waals surface area contributed by atoms with Gasteiger partial charge < -0.3 is 14.4 Å². The minimum absolute atomic E-state index is 0.407. The number of carboxylic acid groups (broad SMARTS) is 1. The summed E-state index contributed by atoms with van der Waals surface area (Å²) in [5.41, 5.74) is 2.64. The molecule has 0 aliphatic heterocycles. The Bertz CT molecular complexity index is 807. The summed E-state index contributed by atoms with van der Waals surface area (Å²) in [6.07, 6.45) is 6.62. The first-order valence-corrected chi connectivity index (χ1v) is 14.1. The molecule has 6 heteroatoms. The van der Waals surface area contributed by atoms with Gasteiger partial charge in [0.1, 0.15) is 12.6 Å². The van der Waals surface area contributed by atoms with Crippen molar-refractivity contribution in [3.8, 4) is 0 Å². The number of carboxylic acids is 1. The van der Waals surface area contributed by atoms with E-state index in [0.717, 1.165) is 54.6 Å². The van der Waals surface area contributed by atoms with E-state index in [2.05, 4.69) is 36.1 Å². The van der Waals surface area contributed by atoms with Gasteiger partial charge in [-0.1, -0.05) is 63.3 Å². The number of nitrogens with zero attached hydrogens (tertiary/aromatic N) is 2. The van der Waals surface area contributed by atoms with Gasteiger partial charge in [0.2, 0.25) is 0 Å². The normalized spacial score (nSPS) is 12.3. The number of hydrogen-bond acceptors (Lipinski definition) is 3. The molecule has 1 heterocycles. The highest BCUT2D eigenvalue weighted by Crippen LogP contribution is 2.23. The number of allylic oxidation sites excluding steroid dienone is 1. The Morgan fingerprint density at radius 1 is 1.24 bits per heavy atom. The molecule has 0 saturated carbocycles. The fraction of sp³-hybridized carbons (Fsp3) is 0.478. The molecule has 1 aromatic heterocycles. The lowest BCUT2D eigenvalue weighted by Crippen LogP contribution is -2.22. The minimum Gasteiger partial charge on any atom is -0.478 e. The van der Waals surface area contributed by atoms with Crippen molar-refractivity contribution in [3.63, 3.8) is 0 Å². The van der Waals surface area contributed by atoms with Crippen LogP contribution >= 0.6 is 0 Å². The molecule has 1 aromatic carbocycles. The SMILES string of the molecule is CCCCc1ncc(/C(=C\C(=O)O)Cc2ccccc2)n1COCC[Si](C)(C)C. The summed E-state index contributed by atoms with van der Waals surface area (Å²) in [7, 11) is -1.16. The number of aromatic nitrogens is 2. The van der Waals surface area contributed by atoms with Crippen molar-refractivity contribution in [2.75, 3.05) is 6.61 Å². The van der Waals surface area contributed by atoms with Gasteiger partial charge in [-0.15, -0.1) is 0 Å². The van der Waals surface area contributed by atoms with Crippen LogP contribution in [0.4, 0.5) is 0 Å². The molecule has 0 unspecified atom stereocenters. The van der Waals surface area contributed by atoms with Gasteiger partial charge in [0.25, 0.3) is 0 Å². The average Bonchev–Trinajstić information content (AvgIpc) is 3.05. The summed E-state index contributed by atoms with van der Waals surface area (Å²) < 4.78 is 8.06. The van der Waals surface area contributed by atoms with Crippen LogP contribution in [-0.4, -0.2) is 35.3 Å². The van der Waals surface area contributed by atoms with E-state index >= 15 is 0 Å². The lowest BCUT2D eigenvalue weighted by Gasteiger charge is -2.18. The number of rotatable bonds is 12. The lowest BCUT2D eigenvalue weighted by atomic mass is 10.0. The molecule has 29 heavy (non-hydrogen) atoms. The van der Waals surface area contributed by atoms with Crippen LogP contribution in [-0.2, 0) is 29.1 Å². The monoisotopic (exact) mass is 414 g/mol. The third-order valence-electron chi connectivity index (χ3n) is 4.77. The van der Waals surface area contributed by atoms with E-state index in [0.29, 0.717) is 13.2 Å². The molecule has 0 aliphatic carbocycles. The molecule has 2 rings (SSSR count). The van der Waals surface area contributed by atoms with Crippen molar-refractivity contribution < 1.29 is 14.6 Å². The molecule has 0 bridgehead atoms. The van der Waals surface area contributed by atoms with E-state index in [1.54, 1.807) is 6.20 Å². The maximum Gasteiger partial charge on any atom is 0.328 e. The standard InChI is InChI=1S/C23H34N2O3Si/c1-5-6-12-22-24-17-21(25(22)18-28-13-14-29(2,3)4)20(16-23(26)27)15-19-10-8-7-9-11-19/h7-11,16-17H,5-6,12-15,18H2,1-4H3,(H,26,27)/b20-16-. The summed E-state index contributed by atoms with van der Waals surface area (Å²) in [5.74, 6) is 0.0117. The Morgan fingerprint density at radius 3 is 2.59 bits per heavy atom. The topological polar surface area (TPSA) is 64.3 Å². The summed E-state index contributed by atoms with van der Waals surface area (Å²) in [4.78, 5) is 16.1. The van der Waals surface area contributed by atoms with Crippen LogP contribution in [0.15, 0.2) is 42.6 Å². The van der Waals surface area contributed by atoms with Gasteiger partial charge in [-0.25, -0.2) is 9.78 Å². The number of imidazole rings is 1. The molecule has 0 fully saturated rings. The predicted molar refractivity (Wildman–Crippen MR) is 121 cm³/mol. The third-order valence-corrected chi connectivity index (χ3v) is 6.48. The second-order valence-corrected chi connectivity index (χ2v) is 14.2. The largest absolute Gasteiger partial charge is 0.478 e. The molecular weight excluding hydrogens is 380 g/mol. The van der Waals surface area contributed by atoms with Gasteiger partial charge in [-0.05, 0) is 30.0 Å². The van der Waals surface area contributed by atoms with Gasteiger partial charge >= 0.3 is 5.97 Å². The van der Waals surface area contributed by atoms with E-state index in [1.807, 2.05) is 30.3 Å². The van der Waals surface area contributed by atoms with Crippen molar-refractivity contribution in [2.45, 2.75) is 65.0 Å². The Hall–Kier alpha value is -2.18. The molecule has 0 saturated heterocycles. The van der Waals surface area contributed by atoms with Crippen molar-refractivity contribution in [3.05, 3.63) is 59.7 Å². The Balaban J connectivity index is 2.28. The van der Waals surface area contributed by atoms with E-state index in [4.69, 9.17) is 4.74 Å². The minimum atomic E-state index is -1.16. The molecule has 0 amide bonds. The Kier molecular flexibility index (Phi) is 8.86. The smallest absolute Gasteiger partial charge is 0.328 e. The highest BCUT2D eigenvalue weighted by atomic mass is 28.3. The van der Waals surface area contributed by atoms with Gasteiger partial charge in [-0.3, -0.25) is 0 Å². The molecule has 158 valence electrons. The number of aliphatic carboxylic acids is 1. The van der Waals surface area contributed by atoms with Gasteiger partial charge in [0.15, 0.2) is 0 Å². The summed E-state index contributed by atoms with van der Waals surface area (Å²) in [6, 6.07) is 11.0. The fourth-order valence-corrected chi connectivity index (χ4v) is 3.82. The van der Waals surface area contributed by atoms with Crippen LogP contribution < -0.4 is 0 Å². The molecule has 0 spiro atoms. The van der Waals surface area contributed by atoms with Gasteiger partial charge in [0.05, 0.1) is 11.9 Å². The van der Waals surface area contributed by atoms with E-state index in [9.17, 15) is 9.90 Å². The summed E-state index contributed by atoms with van der Waals surface area (Å²) in [5, 5.41) is 9.43. The van der Waals surface area contributed by atoms with Crippen LogP contribution in [0.2, 0.25) is 25.7 Å². The molecule has 0 aliphatic rings. The number of ether oxygens (including phenoxy) is 1. The fourth-order valence-electron chi connectivity index (χ4n) is 3.06. The second-order valence-electron chi connectivity index (χ2n) is 8.61. The van der Waals surface area contributed by atoms with Crippen molar-refractivity contribution in [1.29, 1.82) is 0 Å². The first-order valence-electron chi connectivity index (χ1n) is 10.4. The highest BCUT2D eigenvalue weighted by Gasteiger charge is 2.17.